The van der Waals surface area contributed by atoms with E-state index < -0.39 is 0 Å². The van der Waals surface area contributed by atoms with Crippen LogP contribution in [0.3, 0.4) is 0 Å². The van der Waals surface area contributed by atoms with Gasteiger partial charge in [0.1, 0.15) is 0 Å². The molecule has 2 atom stereocenters. The van der Waals surface area contributed by atoms with Crippen molar-refractivity contribution in [1.29, 1.82) is 0 Å². The summed E-state index contributed by atoms with van der Waals surface area (Å²) in [5, 5.41) is 0. The summed E-state index contributed by atoms with van der Waals surface area (Å²) in [6.45, 7) is 8.12. The fourth-order valence-electron chi connectivity index (χ4n) is 3.06. The second kappa shape index (κ2) is 7.57. The molecule has 0 radical (unpaired) electrons. The number of carbonyl (C=O) groups excluding carboxylic acids is 1. The molecule has 4 heteroatoms. The van der Waals surface area contributed by atoms with Gasteiger partial charge in [0, 0.05) is 18.8 Å². The number of anilines is 1. The first-order valence-electron chi connectivity index (χ1n) is 7.93. The highest BCUT2D eigenvalue weighted by molar-refractivity contribution is 5.94. The zero-order chi connectivity index (χ0) is 15.2. The van der Waals surface area contributed by atoms with Gasteiger partial charge in [-0.2, -0.15) is 0 Å². The summed E-state index contributed by atoms with van der Waals surface area (Å²) >= 11 is 0. The Balaban J connectivity index is 1.97. The standard InChI is InChI=1S/C17H27N3O/c1-3-20(16-7-5-4-6-8-16)17(21)13-19-10-9-14(2)15(11-18)12-19/h4-8,14-15H,3,9-13,18H2,1-2H3. The molecule has 1 amide bonds. The highest BCUT2D eigenvalue weighted by Gasteiger charge is 2.27. The maximum absolute atomic E-state index is 12.6. The first-order valence-corrected chi connectivity index (χ1v) is 7.93. The number of carbonyl (C=O) groups is 1. The van der Waals surface area contributed by atoms with Gasteiger partial charge >= 0.3 is 0 Å². The van der Waals surface area contributed by atoms with Crippen LogP contribution in [0.5, 0.6) is 0 Å². The number of benzene rings is 1. The fourth-order valence-corrected chi connectivity index (χ4v) is 3.06. The quantitative estimate of drug-likeness (QED) is 0.901. The lowest BCUT2D eigenvalue weighted by Crippen LogP contribution is -2.47. The van der Waals surface area contributed by atoms with Crippen LogP contribution < -0.4 is 10.6 Å². The predicted molar refractivity (Wildman–Crippen MR) is 87.2 cm³/mol. The summed E-state index contributed by atoms with van der Waals surface area (Å²) < 4.78 is 0. The van der Waals surface area contributed by atoms with E-state index in [1.807, 2.05) is 42.2 Å². The van der Waals surface area contributed by atoms with E-state index in [0.29, 0.717) is 31.5 Å². The van der Waals surface area contributed by atoms with Gasteiger partial charge in [0.2, 0.25) is 5.91 Å². The Hall–Kier alpha value is -1.39. The molecule has 0 spiro atoms. The number of piperidine rings is 1. The third-order valence-corrected chi connectivity index (χ3v) is 4.54. The van der Waals surface area contributed by atoms with E-state index in [1.165, 1.54) is 0 Å². The van der Waals surface area contributed by atoms with Crippen LogP contribution in [0.25, 0.3) is 0 Å². The Morgan fingerprint density at radius 2 is 2.10 bits per heavy atom. The Morgan fingerprint density at radius 3 is 2.71 bits per heavy atom. The Morgan fingerprint density at radius 1 is 1.38 bits per heavy atom. The van der Waals surface area contributed by atoms with Crippen molar-refractivity contribution in [2.75, 3.05) is 37.6 Å². The number of likely N-dealkylation sites (N-methyl/N-ethyl adjacent to an activating group) is 1. The second-order valence-electron chi connectivity index (χ2n) is 5.97. The maximum atomic E-state index is 12.6. The van der Waals surface area contributed by atoms with Gasteiger partial charge in [0.15, 0.2) is 0 Å². The first-order chi connectivity index (χ1) is 10.2. The molecule has 1 saturated heterocycles. The van der Waals surface area contributed by atoms with Gasteiger partial charge in [-0.15, -0.1) is 0 Å². The number of hydrogen-bond donors (Lipinski definition) is 1. The highest BCUT2D eigenvalue weighted by atomic mass is 16.2. The summed E-state index contributed by atoms with van der Waals surface area (Å²) in [5.74, 6) is 1.35. The Labute approximate surface area is 127 Å². The van der Waals surface area contributed by atoms with Gasteiger partial charge in [-0.1, -0.05) is 25.1 Å². The van der Waals surface area contributed by atoms with Crippen LogP contribution in [0, 0.1) is 11.8 Å². The molecule has 1 fully saturated rings. The third kappa shape index (κ3) is 4.05. The topological polar surface area (TPSA) is 49.6 Å². The Kier molecular flexibility index (Phi) is 5.76. The summed E-state index contributed by atoms with van der Waals surface area (Å²) in [6.07, 6.45) is 1.13. The average molecular weight is 289 g/mol. The lowest BCUT2D eigenvalue weighted by Gasteiger charge is -2.37. The zero-order valence-corrected chi connectivity index (χ0v) is 13.2. The minimum Gasteiger partial charge on any atom is -0.330 e. The number of hydrogen-bond acceptors (Lipinski definition) is 3. The summed E-state index contributed by atoms with van der Waals surface area (Å²) in [5.41, 5.74) is 6.82. The number of rotatable bonds is 5. The molecule has 21 heavy (non-hydrogen) atoms. The Bertz CT molecular complexity index is 449. The van der Waals surface area contributed by atoms with Crippen molar-refractivity contribution in [3.63, 3.8) is 0 Å². The summed E-state index contributed by atoms with van der Waals surface area (Å²) in [7, 11) is 0. The van der Waals surface area contributed by atoms with E-state index in [2.05, 4.69) is 11.8 Å². The molecule has 1 aromatic carbocycles. The molecular formula is C17H27N3O. The van der Waals surface area contributed by atoms with Crippen LogP contribution in [-0.2, 0) is 4.79 Å². The molecule has 1 aliphatic heterocycles. The third-order valence-electron chi connectivity index (χ3n) is 4.54. The van der Waals surface area contributed by atoms with Crippen molar-refractivity contribution in [3.05, 3.63) is 30.3 Å². The van der Waals surface area contributed by atoms with Crippen LogP contribution in [0.1, 0.15) is 20.3 Å². The van der Waals surface area contributed by atoms with Gasteiger partial charge in [-0.3, -0.25) is 9.69 Å². The molecule has 1 aromatic rings. The second-order valence-corrected chi connectivity index (χ2v) is 5.97. The largest absolute Gasteiger partial charge is 0.330 e. The van der Waals surface area contributed by atoms with Crippen LogP contribution in [0.15, 0.2) is 30.3 Å². The molecule has 1 heterocycles. The van der Waals surface area contributed by atoms with Crippen molar-refractivity contribution in [3.8, 4) is 0 Å². The molecule has 4 nitrogen and oxygen atoms in total. The molecule has 2 unspecified atom stereocenters. The first kappa shape index (κ1) is 16.0. The number of amides is 1. The van der Waals surface area contributed by atoms with Crippen LogP contribution >= 0.6 is 0 Å². The molecule has 0 saturated carbocycles. The van der Waals surface area contributed by atoms with Crippen LogP contribution in [-0.4, -0.2) is 43.5 Å². The van der Waals surface area contributed by atoms with E-state index in [1.54, 1.807) is 0 Å². The highest BCUT2D eigenvalue weighted by Crippen LogP contribution is 2.22. The normalized spacial score (nSPS) is 23.0. The number of nitrogens with two attached hydrogens (primary N) is 1. The molecular weight excluding hydrogens is 262 g/mol. The number of nitrogens with zero attached hydrogens (tertiary/aromatic N) is 2. The molecule has 116 valence electrons. The minimum atomic E-state index is 0.175. The lowest BCUT2D eigenvalue weighted by molar-refractivity contribution is -0.120. The fraction of sp³-hybridized carbons (Fsp3) is 0.588. The van der Waals surface area contributed by atoms with Gasteiger partial charge < -0.3 is 10.6 Å². The molecule has 2 rings (SSSR count). The van der Waals surface area contributed by atoms with Crippen LogP contribution in [0.2, 0.25) is 0 Å². The van der Waals surface area contributed by atoms with E-state index >= 15 is 0 Å². The molecule has 0 aliphatic carbocycles. The van der Waals surface area contributed by atoms with E-state index in [4.69, 9.17) is 5.73 Å². The lowest BCUT2D eigenvalue weighted by atomic mass is 9.87. The monoisotopic (exact) mass is 289 g/mol. The van der Waals surface area contributed by atoms with Gasteiger partial charge in [0.05, 0.1) is 6.54 Å². The van der Waals surface area contributed by atoms with E-state index in [9.17, 15) is 4.79 Å². The zero-order valence-electron chi connectivity index (χ0n) is 13.2. The smallest absolute Gasteiger partial charge is 0.241 e. The average Bonchev–Trinajstić information content (AvgIpc) is 2.51. The van der Waals surface area contributed by atoms with E-state index in [0.717, 1.165) is 25.2 Å². The van der Waals surface area contributed by atoms with Gasteiger partial charge in [-0.05, 0) is 50.4 Å². The summed E-state index contributed by atoms with van der Waals surface area (Å²) in [4.78, 5) is 16.7. The minimum absolute atomic E-state index is 0.175. The van der Waals surface area contributed by atoms with Gasteiger partial charge in [0.25, 0.3) is 0 Å². The number of para-hydroxylation sites is 1. The number of likely N-dealkylation sites (tertiary alicyclic amines) is 1. The molecule has 0 aromatic heterocycles. The van der Waals surface area contributed by atoms with Crippen molar-refractivity contribution in [2.24, 2.45) is 17.6 Å². The summed E-state index contributed by atoms with van der Waals surface area (Å²) in [6, 6.07) is 9.89. The van der Waals surface area contributed by atoms with Crippen LogP contribution in [0.4, 0.5) is 5.69 Å². The van der Waals surface area contributed by atoms with Crippen molar-refractivity contribution >= 4 is 11.6 Å². The van der Waals surface area contributed by atoms with E-state index in [-0.39, 0.29) is 5.91 Å². The van der Waals surface area contributed by atoms with Crippen molar-refractivity contribution < 1.29 is 4.79 Å². The maximum Gasteiger partial charge on any atom is 0.241 e. The SMILES string of the molecule is CCN(C(=O)CN1CCC(C)C(CN)C1)c1ccccc1. The predicted octanol–water partition coefficient (Wildman–Crippen LogP) is 1.96. The van der Waals surface area contributed by atoms with Gasteiger partial charge in [-0.25, -0.2) is 0 Å². The molecule has 0 bridgehead atoms. The molecule has 2 N–H and O–H groups in total. The molecule has 1 aliphatic rings. The van der Waals surface area contributed by atoms with Crippen molar-refractivity contribution in [1.82, 2.24) is 4.90 Å². The van der Waals surface area contributed by atoms with Crippen molar-refractivity contribution in [2.45, 2.75) is 20.3 Å².